The Balaban J connectivity index is 1.70. The Morgan fingerprint density at radius 3 is 2.81 bits per heavy atom. The van der Waals surface area contributed by atoms with Crippen molar-refractivity contribution < 1.29 is 14.3 Å². The smallest absolute Gasteiger partial charge is 0.262 e. The van der Waals surface area contributed by atoms with Gasteiger partial charge in [-0.3, -0.25) is 9.59 Å². The lowest BCUT2D eigenvalue weighted by molar-refractivity contribution is -0.127. The largest absolute Gasteiger partial charge is 0.477 e. The number of aromatic nitrogens is 4. The van der Waals surface area contributed by atoms with E-state index >= 15 is 0 Å². The van der Waals surface area contributed by atoms with E-state index in [0.29, 0.717) is 22.7 Å². The molecule has 1 atom stereocenters. The number of fused-ring (bicyclic) bond motifs is 1. The second-order valence-corrected chi connectivity index (χ2v) is 5.91. The van der Waals surface area contributed by atoms with E-state index in [-0.39, 0.29) is 18.4 Å². The number of carbonyl (C=O) groups is 2. The predicted molar refractivity (Wildman–Crippen MR) is 95.8 cm³/mol. The maximum absolute atomic E-state index is 13.2. The summed E-state index contributed by atoms with van der Waals surface area (Å²) in [6.45, 7) is 0.116. The summed E-state index contributed by atoms with van der Waals surface area (Å²) >= 11 is 0. The standard InChI is InChI=1S/C18H16N6O3/c1-19-17(25)16-10-23(14-7-2-3-8-15(14)27-16)18(26)12-5-4-6-13(9-12)24-11-20-21-22-24/h2-9,11,16H,10H2,1H3,(H,19,25). The molecule has 2 aromatic carbocycles. The number of hydrogen-bond acceptors (Lipinski definition) is 6. The van der Waals surface area contributed by atoms with Gasteiger partial charge in [-0.25, -0.2) is 4.68 Å². The molecule has 1 N–H and O–H groups in total. The minimum Gasteiger partial charge on any atom is -0.477 e. The van der Waals surface area contributed by atoms with E-state index in [1.165, 1.54) is 18.1 Å². The van der Waals surface area contributed by atoms with Crippen LogP contribution in [-0.2, 0) is 4.79 Å². The van der Waals surface area contributed by atoms with E-state index in [1.807, 2.05) is 6.07 Å². The van der Waals surface area contributed by atoms with Gasteiger partial charge in [0, 0.05) is 12.6 Å². The Morgan fingerprint density at radius 1 is 1.19 bits per heavy atom. The number of hydrogen-bond donors (Lipinski definition) is 1. The van der Waals surface area contributed by atoms with Crippen molar-refractivity contribution in [3.8, 4) is 11.4 Å². The molecule has 0 saturated heterocycles. The minimum absolute atomic E-state index is 0.116. The topological polar surface area (TPSA) is 102 Å². The first-order valence-electron chi connectivity index (χ1n) is 8.30. The normalized spacial score (nSPS) is 15.6. The summed E-state index contributed by atoms with van der Waals surface area (Å²) < 4.78 is 7.22. The van der Waals surface area contributed by atoms with Crippen LogP contribution < -0.4 is 15.0 Å². The van der Waals surface area contributed by atoms with Crippen LogP contribution in [0.1, 0.15) is 10.4 Å². The highest BCUT2D eigenvalue weighted by molar-refractivity contribution is 6.08. The number of amides is 2. The van der Waals surface area contributed by atoms with Crippen molar-refractivity contribution in [3.63, 3.8) is 0 Å². The highest BCUT2D eigenvalue weighted by Crippen LogP contribution is 2.34. The molecule has 0 fully saturated rings. The second-order valence-electron chi connectivity index (χ2n) is 5.91. The Labute approximate surface area is 154 Å². The average Bonchev–Trinajstić information content (AvgIpc) is 3.27. The van der Waals surface area contributed by atoms with Gasteiger partial charge in [0.2, 0.25) is 0 Å². The third-order valence-electron chi connectivity index (χ3n) is 4.26. The predicted octanol–water partition coefficient (Wildman–Crippen LogP) is 0.816. The van der Waals surface area contributed by atoms with Crippen LogP contribution in [0.15, 0.2) is 54.9 Å². The highest BCUT2D eigenvalue weighted by Gasteiger charge is 2.33. The van der Waals surface area contributed by atoms with Gasteiger partial charge in [-0.15, -0.1) is 5.10 Å². The molecule has 0 saturated carbocycles. The summed E-state index contributed by atoms with van der Waals surface area (Å²) in [5.74, 6) is -0.0401. The maximum Gasteiger partial charge on any atom is 0.262 e. The molecule has 1 aromatic heterocycles. The van der Waals surface area contributed by atoms with Crippen molar-refractivity contribution in [2.24, 2.45) is 0 Å². The van der Waals surface area contributed by atoms with Crippen molar-refractivity contribution in [2.75, 3.05) is 18.5 Å². The molecular formula is C18H16N6O3. The number of ether oxygens (including phenoxy) is 1. The Bertz CT molecular complexity index is 988. The molecule has 136 valence electrons. The first kappa shape index (κ1) is 16.7. The first-order valence-corrected chi connectivity index (χ1v) is 8.30. The molecule has 0 aliphatic carbocycles. The zero-order valence-corrected chi connectivity index (χ0v) is 14.4. The summed E-state index contributed by atoms with van der Waals surface area (Å²) in [5.41, 5.74) is 1.74. The zero-order chi connectivity index (χ0) is 18.8. The number of nitrogens with zero attached hydrogens (tertiary/aromatic N) is 5. The van der Waals surface area contributed by atoms with E-state index in [4.69, 9.17) is 4.74 Å². The monoisotopic (exact) mass is 364 g/mol. The fourth-order valence-corrected chi connectivity index (χ4v) is 2.94. The van der Waals surface area contributed by atoms with Crippen LogP contribution in [0, 0.1) is 0 Å². The van der Waals surface area contributed by atoms with Crippen LogP contribution in [0.25, 0.3) is 5.69 Å². The van der Waals surface area contributed by atoms with Crippen LogP contribution in [0.2, 0.25) is 0 Å². The van der Waals surface area contributed by atoms with Gasteiger partial charge < -0.3 is 15.0 Å². The van der Waals surface area contributed by atoms with E-state index in [0.717, 1.165) is 0 Å². The Hall–Kier alpha value is -3.75. The number of rotatable bonds is 3. The maximum atomic E-state index is 13.2. The lowest BCUT2D eigenvalue weighted by Gasteiger charge is -2.34. The van der Waals surface area contributed by atoms with Crippen LogP contribution in [0.4, 0.5) is 5.69 Å². The first-order chi connectivity index (χ1) is 13.2. The van der Waals surface area contributed by atoms with Crippen LogP contribution in [-0.4, -0.2) is 51.7 Å². The van der Waals surface area contributed by atoms with Gasteiger partial charge in [0.15, 0.2) is 6.10 Å². The number of anilines is 1. The van der Waals surface area contributed by atoms with Crippen molar-refractivity contribution in [3.05, 3.63) is 60.4 Å². The number of likely N-dealkylation sites (N-methyl/N-ethyl adjacent to an activating group) is 1. The molecule has 27 heavy (non-hydrogen) atoms. The number of nitrogens with one attached hydrogen (secondary N) is 1. The third kappa shape index (κ3) is 3.10. The van der Waals surface area contributed by atoms with Crippen LogP contribution in [0.3, 0.4) is 0 Å². The molecule has 2 amide bonds. The molecule has 0 spiro atoms. The van der Waals surface area contributed by atoms with Gasteiger partial charge in [-0.1, -0.05) is 18.2 Å². The van der Waals surface area contributed by atoms with Gasteiger partial charge in [0.05, 0.1) is 17.9 Å². The van der Waals surface area contributed by atoms with Crippen molar-refractivity contribution in [1.29, 1.82) is 0 Å². The van der Waals surface area contributed by atoms with E-state index in [9.17, 15) is 9.59 Å². The number of tetrazole rings is 1. The Morgan fingerprint density at radius 2 is 2.04 bits per heavy atom. The number of carbonyl (C=O) groups excluding carboxylic acids is 2. The summed E-state index contributed by atoms with van der Waals surface area (Å²) in [6, 6.07) is 14.1. The summed E-state index contributed by atoms with van der Waals surface area (Å²) in [7, 11) is 1.54. The summed E-state index contributed by atoms with van der Waals surface area (Å²) in [6.07, 6.45) is 0.673. The van der Waals surface area contributed by atoms with Crippen LogP contribution in [0.5, 0.6) is 5.75 Å². The second kappa shape index (κ2) is 6.87. The summed E-state index contributed by atoms with van der Waals surface area (Å²) in [4.78, 5) is 26.9. The third-order valence-corrected chi connectivity index (χ3v) is 4.26. The van der Waals surface area contributed by atoms with E-state index < -0.39 is 6.10 Å². The molecule has 2 heterocycles. The lowest BCUT2D eigenvalue weighted by Crippen LogP contribution is -2.50. The fraction of sp³-hybridized carbons (Fsp3) is 0.167. The quantitative estimate of drug-likeness (QED) is 0.738. The summed E-state index contributed by atoms with van der Waals surface area (Å²) in [5, 5.41) is 13.6. The van der Waals surface area contributed by atoms with Gasteiger partial charge >= 0.3 is 0 Å². The molecule has 1 aliphatic rings. The Kier molecular flexibility index (Phi) is 4.25. The SMILES string of the molecule is CNC(=O)C1CN(C(=O)c2cccc(-n3cnnn3)c2)c2ccccc2O1. The van der Waals surface area contributed by atoms with Crippen molar-refractivity contribution in [2.45, 2.75) is 6.10 Å². The van der Waals surface area contributed by atoms with Gasteiger partial charge in [-0.2, -0.15) is 0 Å². The average molecular weight is 364 g/mol. The van der Waals surface area contributed by atoms with Crippen LogP contribution >= 0.6 is 0 Å². The minimum atomic E-state index is -0.781. The van der Waals surface area contributed by atoms with Crippen molar-refractivity contribution >= 4 is 17.5 Å². The molecule has 0 bridgehead atoms. The molecule has 3 aromatic rings. The van der Waals surface area contributed by atoms with Gasteiger partial charge in [0.25, 0.3) is 11.8 Å². The number of benzene rings is 2. The fourth-order valence-electron chi connectivity index (χ4n) is 2.94. The van der Waals surface area contributed by atoms with E-state index in [2.05, 4.69) is 20.8 Å². The molecule has 1 unspecified atom stereocenters. The van der Waals surface area contributed by atoms with E-state index in [1.54, 1.807) is 47.4 Å². The highest BCUT2D eigenvalue weighted by atomic mass is 16.5. The number of para-hydroxylation sites is 2. The molecule has 0 radical (unpaired) electrons. The van der Waals surface area contributed by atoms with Crippen molar-refractivity contribution in [1.82, 2.24) is 25.5 Å². The molecule has 9 nitrogen and oxygen atoms in total. The molecule has 1 aliphatic heterocycles. The lowest BCUT2D eigenvalue weighted by atomic mass is 10.1. The van der Waals surface area contributed by atoms with Gasteiger partial charge in [-0.05, 0) is 40.8 Å². The molecule has 9 heteroatoms. The zero-order valence-electron chi connectivity index (χ0n) is 14.4. The molecular weight excluding hydrogens is 348 g/mol. The molecule has 4 rings (SSSR count). The van der Waals surface area contributed by atoms with Gasteiger partial charge in [0.1, 0.15) is 12.1 Å².